The van der Waals surface area contributed by atoms with Crippen LogP contribution in [0.5, 0.6) is 0 Å². The number of hydrogen-bond donors (Lipinski definition) is 1. The molecule has 0 radical (unpaired) electrons. The minimum atomic E-state index is -1.62. The number of rotatable bonds is 3. The van der Waals surface area contributed by atoms with Gasteiger partial charge >= 0.3 is 12.1 Å². The second kappa shape index (κ2) is 5.75. The number of hydrogen-bond acceptors (Lipinski definition) is 3. The quantitative estimate of drug-likeness (QED) is 0.859. The first-order valence-electron chi connectivity index (χ1n) is 6.50. The predicted octanol–water partition coefficient (Wildman–Crippen LogP) is 2.59. The summed E-state index contributed by atoms with van der Waals surface area (Å²) in [5, 5.41) is 8.61. The van der Waals surface area contributed by atoms with Crippen molar-refractivity contribution < 1.29 is 23.8 Å². The summed E-state index contributed by atoms with van der Waals surface area (Å²) in [5.41, 5.74) is -2.23. The second-order valence-corrected chi connectivity index (χ2v) is 6.05. The Balaban J connectivity index is 2.58. The van der Waals surface area contributed by atoms with Gasteiger partial charge in [0.25, 0.3) is 0 Å². The summed E-state index contributed by atoms with van der Waals surface area (Å²) in [5.74, 6) is -1.02. The van der Waals surface area contributed by atoms with E-state index in [2.05, 4.69) is 0 Å². The van der Waals surface area contributed by atoms with Crippen LogP contribution in [0.1, 0.15) is 46.5 Å². The van der Waals surface area contributed by atoms with Crippen LogP contribution >= 0.6 is 0 Å². The summed E-state index contributed by atoms with van der Waals surface area (Å²) in [4.78, 5) is 23.7. The number of carboxylic acid groups (broad SMARTS) is 1. The Bertz CT molecular complexity index is 353. The fourth-order valence-corrected chi connectivity index (χ4v) is 2.10. The number of halogens is 1. The molecule has 1 rings (SSSR count). The monoisotopic (exact) mass is 275 g/mol. The molecule has 1 aliphatic rings. The molecule has 0 bridgehead atoms. The Morgan fingerprint density at radius 1 is 1.42 bits per heavy atom. The van der Waals surface area contributed by atoms with Crippen LogP contribution in [0.4, 0.5) is 9.18 Å². The first kappa shape index (κ1) is 15.7. The van der Waals surface area contributed by atoms with Gasteiger partial charge in [0, 0.05) is 13.0 Å². The van der Waals surface area contributed by atoms with Gasteiger partial charge < -0.3 is 14.7 Å². The van der Waals surface area contributed by atoms with E-state index in [4.69, 9.17) is 9.84 Å². The maximum absolute atomic E-state index is 14.5. The van der Waals surface area contributed by atoms with Crippen molar-refractivity contribution in [3.63, 3.8) is 0 Å². The van der Waals surface area contributed by atoms with Crippen molar-refractivity contribution in [2.75, 3.05) is 13.1 Å². The Morgan fingerprint density at radius 3 is 2.58 bits per heavy atom. The molecule has 110 valence electrons. The SMILES string of the molecule is CC(C)(C)OC(=O)N1CCC[C@](F)(CCC(=O)O)C1. The molecule has 5 nitrogen and oxygen atoms in total. The maximum atomic E-state index is 14.5. The normalized spacial score (nSPS) is 24.1. The predicted molar refractivity (Wildman–Crippen MR) is 67.7 cm³/mol. The minimum absolute atomic E-state index is 0.0678. The molecule has 1 aliphatic heterocycles. The number of carbonyl (C=O) groups is 2. The molecule has 1 heterocycles. The van der Waals surface area contributed by atoms with Gasteiger partial charge in [-0.2, -0.15) is 0 Å². The molecule has 19 heavy (non-hydrogen) atoms. The van der Waals surface area contributed by atoms with Crippen LogP contribution in [-0.4, -0.2) is 46.4 Å². The fraction of sp³-hybridized carbons (Fsp3) is 0.846. The second-order valence-electron chi connectivity index (χ2n) is 6.05. The van der Waals surface area contributed by atoms with Gasteiger partial charge in [-0.15, -0.1) is 0 Å². The molecule has 1 N–H and O–H groups in total. The molecule has 0 aromatic carbocycles. The zero-order chi connectivity index (χ0) is 14.7. The molecule has 0 aliphatic carbocycles. The summed E-state index contributed by atoms with van der Waals surface area (Å²) in [6.07, 6.45) is -0.0144. The highest BCUT2D eigenvalue weighted by molar-refractivity contribution is 5.68. The molecular weight excluding hydrogens is 253 g/mol. The van der Waals surface area contributed by atoms with E-state index in [1.807, 2.05) is 0 Å². The van der Waals surface area contributed by atoms with E-state index in [0.717, 1.165) is 0 Å². The summed E-state index contributed by atoms with van der Waals surface area (Å²) >= 11 is 0. The Labute approximate surface area is 112 Å². The summed E-state index contributed by atoms with van der Waals surface area (Å²) in [6.45, 7) is 5.62. The Hall–Kier alpha value is -1.33. The lowest BCUT2D eigenvalue weighted by Crippen LogP contribution is -2.49. The number of carbonyl (C=O) groups excluding carboxylic acids is 1. The average molecular weight is 275 g/mol. The highest BCUT2D eigenvalue weighted by atomic mass is 19.1. The lowest BCUT2D eigenvalue weighted by molar-refractivity contribution is -0.138. The minimum Gasteiger partial charge on any atom is -0.481 e. The van der Waals surface area contributed by atoms with Crippen LogP contribution in [0.2, 0.25) is 0 Å². The number of alkyl halides is 1. The van der Waals surface area contributed by atoms with Crippen LogP contribution < -0.4 is 0 Å². The van der Waals surface area contributed by atoms with E-state index in [-0.39, 0.29) is 19.4 Å². The van der Waals surface area contributed by atoms with E-state index >= 15 is 0 Å². The molecular formula is C13H22FNO4. The molecule has 1 amide bonds. The third-order valence-electron chi connectivity index (χ3n) is 2.97. The molecule has 1 saturated heterocycles. The lowest BCUT2D eigenvalue weighted by Gasteiger charge is -2.37. The van der Waals surface area contributed by atoms with Gasteiger partial charge in [0.1, 0.15) is 11.3 Å². The van der Waals surface area contributed by atoms with Crippen LogP contribution in [0.3, 0.4) is 0 Å². The largest absolute Gasteiger partial charge is 0.481 e. The number of amides is 1. The zero-order valence-electron chi connectivity index (χ0n) is 11.7. The fourth-order valence-electron chi connectivity index (χ4n) is 2.10. The number of carboxylic acids is 1. The van der Waals surface area contributed by atoms with Crippen molar-refractivity contribution in [2.24, 2.45) is 0 Å². The maximum Gasteiger partial charge on any atom is 0.410 e. The number of piperidine rings is 1. The van der Waals surface area contributed by atoms with Crippen LogP contribution in [0.15, 0.2) is 0 Å². The van der Waals surface area contributed by atoms with Gasteiger partial charge in [0.05, 0.1) is 6.54 Å². The number of nitrogens with zero attached hydrogens (tertiary/aromatic N) is 1. The molecule has 6 heteroatoms. The third-order valence-corrected chi connectivity index (χ3v) is 2.97. The van der Waals surface area contributed by atoms with Crippen molar-refractivity contribution in [1.82, 2.24) is 4.90 Å². The Kier molecular flexibility index (Phi) is 4.76. The van der Waals surface area contributed by atoms with Gasteiger partial charge in [0.15, 0.2) is 0 Å². The van der Waals surface area contributed by atoms with Crippen molar-refractivity contribution in [3.8, 4) is 0 Å². The smallest absolute Gasteiger partial charge is 0.410 e. The molecule has 1 fully saturated rings. The number of aliphatic carboxylic acids is 1. The molecule has 0 aromatic rings. The molecule has 0 aromatic heterocycles. The highest BCUT2D eigenvalue weighted by Crippen LogP contribution is 2.30. The van der Waals surface area contributed by atoms with E-state index in [1.165, 1.54) is 4.90 Å². The summed E-state index contributed by atoms with van der Waals surface area (Å²) < 4.78 is 19.7. The first-order chi connectivity index (χ1) is 8.61. The number of ether oxygens (including phenoxy) is 1. The lowest BCUT2D eigenvalue weighted by atomic mass is 9.90. The molecule has 0 saturated carbocycles. The van der Waals surface area contributed by atoms with E-state index in [0.29, 0.717) is 19.4 Å². The van der Waals surface area contributed by atoms with E-state index in [9.17, 15) is 14.0 Å². The van der Waals surface area contributed by atoms with Gasteiger partial charge in [-0.1, -0.05) is 0 Å². The van der Waals surface area contributed by atoms with Gasteiger partial charge in [-0.3, -0.25) is 4.79 Å². The molecule has 0 unspecified atom stereocenters. The van der Waals surface area contributed by atoms with Gasteiger partial charge in [-0.25, -0.2) is 9.18 Å². The van der Waals surface area contributed by atoms with E-state index < -0.39 is 23.3 Å². The topological polar surface area (TPSA) is 66.8 Å². The van der Waals surface area contributed by atoms with Gasteiger partial charge in [0.2, 0.25) is 0 Å². The average Bonchev–Trinajstić information content (AvgIpc) is 2.24. The molecule has 1 atom stereocenters. The van der Waals surface area contributed by atoms with E-state index in [1.54, 1.807) is 20.8 Å². The third kappa shape index (κ3) is 5.44. The van der Waals surface area contributed by atoms with Gasteiger partial charge in [-0.05, 0) is 40.0 Å². The number of likely N-dealkylation sites (tertiary alicyclic amines) is 1. The van der Waals surface area contributed by atoms with Crippen molar-refractivity contribution in [1.29, 1.82) is 0 Å². The first-order valence-corrected chi connectivity index (χ1v) is 6.50. The van der Waals surface area contributed by atoms with Crippen LogP contribution in [-0.2, 0) is 9.53 Å². The Morgan fingerprint density at radius 2 is 2.05 bits per heavy atom. The summed E-state index contributed by atoms with van der Waals surface area (Å²) in [6, 6.07) is 0. The van der Waals surface area contributed by atoms with Crippen molar-refractivity contribution in [3.05, 3.63) is 0 Å². The van der Waals surface area contributed by atoms with Crippen LogP contribution in [0, 0.1) is 0 Å². The summed E-state index contributed by atoms with van der Waals surface area (Å²) in [7, 11) is 0. The standard InChI is InChI=1S/C13H22FNO4/c1-12(2,3)19-11(18)15-8-4-6-13(14,9-15)7-5-10(16)17/h4-9H2,1-3H3,(H,16,17)/t13-/m0/s1. The zero-order valence-corrected chi connectivity index (χ0v) is 11.7. The van der Waals surface area contributed by atoms with Crippen LogP contribution in [0.25, 0.3) is 0 Å². The molecule has 0 spiro atoms. The highest BCUT2D eigenvalue weighted by Gasteiger charge is 2.38. The van der Waals surface area contributed by atoms with Crippen molar-refractivity contribution in [2.45, 2.75) is 57.7 Å². The van der Waals surface area contributed by atoms with Crippen molar-refractivity contribution >= 4 is 12.1 Å².